The van der Waals surface area contributed by atoms with Crippen molar-refractivity contribution in [3.05, 3.63) is 58.3 Å². The molecule has 0 fully saturated rings. The highest BCUT2D eigenvalue weighted by atomic mass is 35.5. The lowest BCUT2D eigenvalue weighted by Gasteiger charge is -2.10. The zero-order valence-electron chi connectivity index (χ0n) is 12.5. The van der Waals surface area contributed by atoms with Crippen LogP contribution in [-0.4, -0.2) is 11.2 Å². The lowest BCUT2D eigenvalue weighted by Crippen LogP contribution is -2.10. The first-order valence-corrected chi connectivity index (χ1v) is 7.35. The molecule has 0 aliphatic heterocycles. The van der Waals surface area contributed by atoms with Gasteiger partial charge >= 0.3 is 0 Å². The van der Waals surface area contributed by atoms with E-state index in [4.69, 9.17) is 34.2 Å². The number of benzene rings is 1. The molecule has 1 heterocycles. The van der Waals surface area contributed by atoms with Crippen LogP contribution in [0.2, 0.25) is 5.02 Å². The van der Waals surface area contributed by atoms with Gasteiger partial charge in [0.25, 0.3) is 0 Å². The van der Waals surface area contributed by atoms with Gasteiger partial charge in [-0.25, -0.2) is 4.98 Å². The van der Waals surface area contributed by atoms with Crippen LogP contribution in [0.4, 0.5) is 17.3 Å². The van der Waals surface area contributed by atoms with E-state index in [1.807, 2.05) is 24.3 Å². The van der Waals surface area contributed by atoms with Crippen molar-refractivity contribution in [3.8, 4) is 0 Å². The zero-order chi connectivity index (χ0) is 16.8. The van der Waals surface area contributed by atoms with Gasteiger partial charge in [0.05, 0.1) is 5.69 Å². The van der Waals surface area contributed by atoms with Gasteiger partial charge in [0.1, 0.15) is 11.6 Å². The van der Waals surface area contributed by atoms with Gasteiger partial charge in [0, 0.05) is 30.4 Å². The number of nitrogens with one attached hydrogen (secondary N) is 2. The Morgan fingerprint density at radius 2 is 1.96 bits per heavy atom. The number of nitrogens with zero attached hydrogens (tertiary/aromatic N) is 1. The molecule has 8 N–H and O–H groups in total. The van der Waals surface area contributed by atoms with Gasteiger partial charge in [-0.05, 0) is 28.8 Å². The van der Waals surface area contributed by atoms with Crippen molar-refractivity contribution in [2.45, 2.75) is 13.0 Å². The predicted octanol–water partition coefficient (Wildman–Crippen LogP) is 2.35. The molecule has 0 saturated heterocycles. The molecular weight excluding hydrogens is 312 g/mol. The second-order valence-electron chi connectivity index (χ2n) is 5.02. The first-order chi connectivity index (χ1) is 11.0. The average molecular weight is 331 g/mol. The molecule has 0 spiro atoms. The zero-order valence-corrected chi connectivity index (χ0v) is 13.3. The predicted molar refractivity (Wildman–Crippen MR) is 96.3 cm³/mol. The minimum atomic E-state index is 0.202. The molecule has 0 bridgehead atoms. The summed E-state index contributed by atoms with van der Waals surface area (Å²) in [5.74, 6) is 0.508. The van der Waals surface area contributed by atoms with Gasteiger partial charge in [-0.2, -0.15) is 0 Å². The Morgan fingerprint density at radius 3 is 2.65 bits per heavy atom. The van der Waals surface area contributed by atoms with Crippen LogP contribution in [0.15, 0.2) is 42.1 Å². The van der Waals surface area contributed by atoms with E-state index in [0.29, 0.717) is 29.5 Å². The number of hydrogen-bond donors (Lipinski definition) is 5. The van der Waals surface area contributed by atoms with Gasteiger partial charge < -0.3 is 27.9 Å². The number of nitrogens with two attached hydrogens (primary N) is 3. The molecule has 120 valence electrons. The van der Waals surface area contributed by atoms with Crippen LogP contribution < -0.4 is 22.5 Å². The van der Waals surface area contributed by atoms with Crippen LogP contribution in [0, 0.1) is 5.41 Å². The van der Waals surface area contributed by atoms with E-state index in [1.54, 1.807) is 12.3 Å². The van der Waals surface area contributed by atoms with Gasteiger partial charge in [0.2, 0.25) is 0 Å². The third kappa shape index (κ3) is 4.37. The average Bonchev–Trinajstić information content (AvgIpc) is 2.52. The first kappa shape index (κ1) is 16.6. The summed E-state index contributed by atoms with van der Waals surface area (Å²) < 4.78 is 0. The molecule has 6 nitrogen and oxygen atoms in total. The van der Waals surface area contributed by atoms with Crippen molar-refractivity contribution in [2.24, 2.45) is 0 Å². The molecule has 0 aliphatic carbocycles. The maximum absolute atomic E-state index is 7.53. The largest absolute Gasteiger partial charge is 0.396 e. The molecule has 0 radical (unpaired) electrons. The highest BCUT2D eigenvalue weighted by Crippen LogP contribution is 2.22. The quantitative estimate of drug-likeness (QED) is 0.519. The Balaban J connectivity index is 2.08. The fourth-order valence-electron chi connectivity index (χ4n) is 2.10. The monoisotopic (exact) mass is 330 g/mol. The van der Waals surface area contributed by atoms with E-state index >= 15 is 0 Å². The first-order valence-electron chi connectivity index (χ1n) is 6.98. The van der Waals surface area contributed by atoms with Crippen molar-refractivity contribution in [1.82, 2.24) is 10.3 Å². The number of aromatic nitrogens is 1. The normalized spacial score (nSPS) is 11.3. The summed E-state index contributed by atoms with van der Waals surface area (Å²) in [6, 6.07) is 9.24. The lowest BCUT2D eigenvalue weighted by atomic mass is 10.1. The molecule has 1 aromatic heterocycles. The molecule has 0 unspecified atom stereocenters. The molecule has 2 rings (SSSR count). The van der Waals surface area contributed by atoms with E-state index in [0.717, 1.165) is 16.7 Å². The second kappa shape index (κ2) is 7.51. The van der Waals surface area contributed by atoms with Crippen LogP contribution in [0.1, 0.15) is 11.1 Å². The maximum Gasteiger partial charge on any atom is 0.149 e. The third-order valence-corrected chi connectivity index (χ3v) is 3.68. The highest BCUT2D eigenvalue weighted by Gasteiger charge is 2.08. The highest BCUT2D eigenvalue weighted by molar-refractivity contribution is 6.31. The van der Waals surface area contributed by atoms with Crippen molar-refractivity contribution >= 4 is 35.1 Å². The minimum Gasteiger partial charge on any atom is -0.396 e. The van der Waals surface area contributed by atoms with Gasteiger partial charge in [0.15, 0.2) is 0 Å². The standard InChI is InChI=1S/C16H19ClN6/c17-13-4-2-1-3-11(13)9-22-8-10(7-18)5-12-6-14(19)23-16(21)15(12)20/h1-4,6-8,18,22H,5,9,20H2,(H4,19,21,23)/b10-8-,18-7?. The SMILES string of the molecule is N=C/C(=C\NCc1ccccc1Cl)Cc1cc(N)nc(N)c1N. The van der Waals surface area contributed by atoms with Crippen LogP contribution in [-0.2, 0) is 13.0 Å². The summed E-state index contributed by atoms with van der Waals surface area (Å²) >= 11 is 6.10. The van der Waals surface area contributed by atoms with E-state index in [-0.39, 0.29) is 5.82 Å². The van der Waals surface area contributed by atoms with Gasteiger partial charge in [-0.1, -0.05) is 29.8 Å². The Kier molecular flexibility index (Phi) is 5.43. The maximum atomic E-state index is 7.53. The van der Waals surface area contributed by atoms with Gasteiger partial charge in [-0.15, -0.1) is 0 Å². The summed E-state index contributed by atoms with van der Waals surface area (Å²) in [6.45, 7) is 0.563. The fourth-order valence-corrected chi connectivity index (χ4v) is 2.30. The molecule has 0 aliphatic rings. The summed E-state index contributed by atoms with van der Waals surface area (Å²) in [5.41, 5.74) is 20.1. The Morgan fingerprint density at radius 1 is 1.22 bits per heavy atom. The number of hydrogen-bond acceptors (Lipinski definition) is 6. The summed E-state index contributed by atoms with van der Waals surface area (Å²) in [4.78, 5) is 3.90. The molecule has 1 aromatic carbocycles. The van der Waals surface area contributed by atoms with Crippen LogP contribution in [0.5, 0.6) is 0 Å². The van der Waals surface area contributed by atoms with E-state index in [2.05, 4.69) is 10.3 Å². The fraction of sp³-hybridized carbons (Fsp3) is 0.125. The minimum absolute atomic E-state index is 0.202. The van der Waals surface area contributed by atoms with Gasteiger partial charge in [-0.3, -0.25) is 0 Å². The number of halogens is 1. The van der Waals surface area contributed by atoms with Crippen LogP contribution >= 0.6 is 11.6 Å². The summed E-state index contributed by atoms with van der Waals surface area (Å²) in [6.07, 6.45) is 3.44. The van der Waals surface area contributed by atoms with Crippen LogP contribution in [0.3, 0.4) is 0 Å². The van der Waals surface area contributed by atoms with Crippen molar-refractivity contribution in [3.63, 3.8) is 0 Å². The molecule has 0 atom stereocenters. The molecule has 2 aromatic rings. The molecule has 0 amide bonds. The van der Waals surface area contributed by atoms with E-state index < -0.39 is 0 Å². The smallest absolute Gasteiger partial charge is 0.149 e. The van der Waals surface area contributed by atoms with E-state index in [9.17, 15) is 0 Å². The van der Waals surface area contributed by atoms with Crippen LogP contribution in [0.25, 0.3) is 0 Å². The van der Waals surface area contributed by atoms with Crippen molar-refractivity contribution in [2.75, 3.05) is 17.2 Å². The van der Waals surface area contributed by atoms with Crippen molar-refractivity contribution < 1.29 is 0 Å². The number of allylic oxidation sites excluding steroid dienone is 1. The summed E-state index contributed by atoms with van der Waals surface area (Å²) in [7, 11) is 0. The summed E-state index contributed by atoms with van der Waals surface area (Å²) in [5, 5.41) is 11.4. The Labute approximate surface area is 139 Å². The van der Waals surface area contributed by atoms with Crippen molar-refractivity contribution in [1.29, 1.82) is 5.41 Å². The topological polar surface area (TPSA) is 127 Å². The molecule has 23 heavy (non-hydrogen) atoms. The second-order valence-corrected chi connectivity index (χ2v) is 5.43. The number of rotatable bonds is 6. The Bertz CT molecular complexity index is 741. The molecule has 7 heteroatoms. The van der Waals surface area contributed by atoms with E-state index in [1.165, 1.54) is 6.21 Å². The lowest BCUT2D eigenvalue weighted by molar-refractivity contribution is 0.861. The number of anilines is 3. The number of nitrogen functional groups attached to an aromatic ring is 3. The number of pyridine rings is 1. The molecule has 0 saturated carbocycles. The third-order valence-electron chi connectivity index (χ3n) is 3.31. The Hall–Kier alpha value is -2.73. The molecular formula is C16H19ClN6.